The van der Waals surface area contributed by atoms with E-state index in [-0.39, 0.29) is 0 Å². The molecule has 7 heteroatoms. The third-order valence-corrected chi connectivity index (χ3v) is 3.54. The van der Waals surface area contributed by atoms with Gasteiger partial charge in [0.1, 0.15) is 12.2 Å². The first-order valence-electron chi connectivity index (χ1n) is 7.21. The van der Waals surface area contributed by atoms with Gasteiger partial charge in [-0.25, -0.2) is 4.98 Å². The molecule has 0 aromatic carbocycles. The van der Waals surface area contributed by atoms with Gasteiger partial charge in [-0.1, -0.05) is 11.6 Å². The highest BCUT2D eigenvalue weighted by molar-refractivity contribution is 5.79. The maximum atomic E-state index is 5.31. The highest BCUT2D eigenvalue weighted by Crippen LogP contribution is 2.10. The first-order chi connectivity index (χ1) is 10.2. The van der Waals surface area contributed by atoms with Crippen molar-refractivity contribution in [3.63, 3.8) is 0 Å². The van der Waals surface area contributed by atoms with Crippen molar-refractivity contribution >= 4 is 5.96 Å². The van der Waals surface area contributed by atoms with Gasteiger partial charge in [-0.3, -0.25) is 9.67 Å². The lowest BCUT2D eigenvalue weighted by molar-refractivity contribution is 0.153. The summed E-state index contributed by atoms with van der Waals surface area (Å²) in [6, 6.07) is 0. The first-order valence-corrected chi connectivity index (χ1v) is 7.21. The summed E-state index contributed by atoms with van der Waals surface area (Å²) in [4.78, 5) is 10.6. The number of nitrogens with zero attached hydrogens (tertiary/aromatic N) is 5. The first kappa shape index (κ1) is 15.5. The van der Waals surface area contributed by atoms with E-state index in [0.717, 1.165) is 44.4 Å². The molecule has 116 valence electrons. The van der Waals surface area contributed by atoms with Gasteiger partial charge in [-0.05, 0) is 12.8 Å². The van der Waals surface area contributed by atoms with Gasteiger partial charge < -0.3 is 15.0 Å². The molecule has 2 rings (SSSR count). The number of aromatic nitrogens is 3. The number of nitrogens with one attached hydrogen (secondary N) is 1. The van der Waals surface area contributed by atoms with Crippen molar-refractivity contribution in [3.05, 3.63) is 23.8 Å². The van der Waals surface area contributed by atoms with Gasteiger partial charge in [0.2, 0.25) is 0 Å². The minimum absolute atomic E-state index is 0.673. The zero-order valence-electron chi connectivity index (χ0n) is 13.0. The van der Waals surface area contributed by atoms with Gasteiger partial charge in [0.05, 0.1) is 19.8 Å². The average molecular weight is 292 g/mol. The highest BCUT2D eigenvalue weighted by atomic mass is 16.5. The molecule has 0 saturated carbocycles. The molecule has 1 aromatic heterocycles. The molecule has 2 heterocycles. The Morgan fingerprint density at radius 1 is 1.57 bits per heavy atom. The Morgan fingerprint density at radius 3 is 3.05 bits per heavy atom. The van der Waals surface area contributed by atoms with E-state index in [4.69, 9.17) is 4.74 Å². The van der Waals surface area contributed by atoms with Crippen LogP contribution in [0.15, 0.2) is 23.0 Å². The second-order valence-electron chi connectivity index (χ2n) is 5.07. The van der Waals surface area contributed by atoms with Crippen molar-refractivity contribution in [2.75, 3.05) is 33.9 Å². The van der Waals surface area contributed by atoms with Crippen LogP contribution in [0.1, 0.15) is 18.7 Å². The molecule has 0 unspecified atom stereocenters. The van der Waals surface area contributed by atoms with Crippen LogP contribution in [0.4, 0.5) is 0 Å². The summed E-state index contributed by atoms with van der Waals surface area (Å²) in [5.74, 6) is 1.78. The number of hydrogen-bond donors (Lipinski definition) is 1. The van der Waals surface area contributed by atoms with Gasteiger partial charge in [0.15, 0.2) is 5.96 Å². The van der Waals surface area contributed by atoms with Crippen LogP contribution < -0.4 is 5.32 Å². The summed E-state index contributed by atoms with van der Waals surface area (Å²) in [5, 5.41) is 7.46. The second-order valence-corrected chi connectivity index (χ2v) is 5.07. The zero-order valence-corrected chi connectivity index (χ0v) is 13.0. The molecular formula is C14H24N6O. The lowest BCUT2D eigenvalue weighted by Crippen LogP contribution is -2.39. The molecule has 1 aliphatic heterocycles. The highest BCUT2D eigenvalue weighted by Gasteiger charge is 2.10. The van der Waals surface area contributed by atoms with Crippen molar-refractivity contribution < 1.29 is 4.74 Å². The monoisotopic (exact) mass is 292 g/mol. The van der Waals surface area contributed by atoms with Gasteiger partial charge >= 0.3 is 0 Å². The molecule has 1 aliphatic rings. The SMILES string of the molecule is CN=C(NCCC1=CCOCC1)N(C)Cc1ncnn1C. The molecule has 1 N–H and O–H groups in total. The number of rotatable bonds is 5. The maximum Gasteiger partial charge on any atom is 0.193 e. The minimum atomic E-state index is 0.673. The van der Waals surface area contributed by atoms with Gasteiger partial charge in [-0.2, -0.15) is 5.10 Å². The Bertz CT molecular complexity index is 507. The zero-order chi connectivity index (χ0) is 15.1. The van der Waals surface area contributed by atoms with Crippen LogP contribution in [0.5, 0.6) is 0 Å². The summed E-state index contributed by atoms with van der Waals surface area (Å²) in [6.07, 6.45) is 5.81. The molecule has 0 spiro atoms. The number of ether oxygens (including phenoxy) is 1. The lowest BCUT2D eigenvalue weighted by atomic mass is 10.1. The van der Waals surface area contributed by atoms with E-state index in [1.54, 1.807) is 18.1 Å². The van der Waals surface area contributed by atoms with E-state index < -0.39 is 0 Å². The van der Waals surface area contributed by atoms with Crippen molar-refractivity contribution in [2.45, 2.75) is 19.4 Å². The normalized spacial score (nSPS) is 15.8. The van der Waals surface area contributed by atoms with Crippen molar-refractivity contribution in [3.8, 4) is 0 Å². The topological polar surface area (TPSA) is 67.6 Å². The van der Waals surface area contributed by atoms with Crippen LogP contribution in [-0.2, 0) is 18.3 Å². The number of aliphatic imine (C=N–C) groups is 1. The van der Waals surface area contributed by atoms with E-state index in [9.17, 15) is 0 Å². The maximum absolute atomic E-state index is 5.31. The van der Waals surface area contributed by atoms with E-state index in [2.05, 4.69) is 26.5 Å². The predicted molar refractivity (Wildman–Crippen MR) is 82.0 cm³/mol. The van der Waals surface area contributed by atoms with Crippen LogP contribution in [0.2, 0.25) is 0 Å². The van der Waals surface area contributed by atoms with E-state index in [0.29, 0.717) is 6.54 Å². The van der Waals surface area contributed by atoms with Crippen molar-refractivity contribution in [2.24, 2.45) is 12.0 Å². The fourth-order valence-corrected chi connectivity index (χ4v) is 2.26. The molecule has 0 bridgehead atoms. The Balaban J connectivity index is 1.79. The van der Waals surface area contributed by atoms with Gasteiger partial charge in [-0.15, -0.1) is 0 Å². The number of guanidine groups is 1. The number of aryl methyl sites for hydroxylation is 1. The van der Waals surface area contributed by atoms with Crippen LogP contribution in [0, 0.1) is 0 Å². The predicted octanol–water partition coefficient (Wildman–Crippen LogP) is 0.559. The Morgan fingerprint density at radius 2 is 2.43 bits per heavy atom. The average Bonchev–Trinajstić information content (AvgIpc) is 2.90. The molecule has 0 aliphatic carbocycles. The third-order valence-electron chi connectivity index (χ3n) is 3.54. The largest absolute Gasteiger partial charge is 0.377 e. The molecule has 1 aromatic rings. The molecule has 0 saturated heterocycles. The van der Waals surface area contributed by atoms with Crippen molar-refractivity contribution in [1.82, 2.24) is 25.0 Å². The Kier molecular flexibility index (Phi) is 5.74. The van der Waals surface area contributed by atoms with Crippen LogP contribution in [0.25, 0.3) is 0 Å². The second kappa shape index (κ2) is 7.78. The summed E-state index contributed by atoms with van der Waals surface area (Å²) in [5.41, 5.74) is 1.46. The van der Waals surface area contributed by atoms with Crippen molar-refractivity contribution in [1.29, 1.82) is 0 Å². The molecule has 0 amide bonds. The quantitative estimate of drug-likeness (QED) is 0.488. The van der Waals surface area contributed by atoms with Gasteiger partial charge in [0, 0.05) is 27.7 Å². The molecule has 0 radical (unpaired) electrons. The fraction of sp³-hybridized carbons (Fsp3) is 0.643. The molecule has 21 heavy (non-hydrogen) atoms. The summed E-state index contributed by atoms with van der Waals surface area (Å²) >= 11 is 0. The molecule has 0 atom stereocenters. The Hall–Kier alpha value is -1.89. The summed E-state index contributed by atoms with van der Waals surface area (Å²) in [6.45, 7) is 3.14. The van der Waals surface area contributed by atoms with E-state index in [1.807, 2.05) is 19.0 Å². The molecule has 7 nitrogen and oxygen atoms in total. The van der Waals surface area contributed by atoms with E-state index >= 15 is 0 Å². The lowest BCUT2D eigenvalue weighted by Gasteiger charge is -2.22. The molecular weight excluding hydrogens is 268 g/mol. The standard InChI is InChI=1S/C14H24N6O/c1-15-14(16-7-4-12-5-8-21-9-6-12)19(2)10-13-17-11-18-20(13)3/h5,11H,4,6-10H2,1-3H3,(H,15,16). The third kappa shape index (κ3) is 4.56. The number of hydrogen-bond acceptors (Lipinski definition) is 4. The smallest absolute Gasteiger partial charge is 0.193 e. The van der Waals surface area contributed by atoms with E-state index in [1.165, 1.54) is 5.57 Å². The van der Waals surface area contributed by atoms with Crippen LogP contribution >= 0.6 is 0 Å². The van der Waals surface area contributed by atoms with Crippen LogP contribution in [-0.4, -0.2) is 59.5 Å². The summed E-state index contributed by atoms with van der Waals surface area (Å²) in [7, 11) is 5.69. The van der Waals surface area contributed by atoms with Crippen LogP contribution in [0.3, 0.4) is 0 Å². The van der Waals surface area contributed by atoms with Gasteiger partial charge in [0.25, 0.3) is 0 Å². The minimum Gasteiger partial charge on any atom is -0.377 e. The fourth-order valence-electron chi connectivity index (χ4n) is 2.26. The molecule has 0 fully saturated rings. The summed E-state index contributed by atoms with van der Waals surface area (Å²) < 4.78 is 7.09. The Labute approximate surface area is 125 Å².